The van der Waals surface area contributed by atoms with Crippen molar-refractivity contribution in [3.63, 3.8) is 0 Å². The number of para-hydroxylation sites is 1. The molecule has 4 rings (SSSR count). The maximum atomic E-state index is 12.6. The smallest absolute Gasteiger partial charge is 0.259 e. The molecular weight excluding hydrogens is 346 g/mol. The molecule has 2 aromatic carbocycles. The number of hydrogen-bond acceptors (Lipinski definition) is 5. The van der Waals surface area contributed by atoms with E-state index < -0.39 is 0 Å². The van der Waals surface area contributed by atoms with E-state index in [0.717, 1.165) is 25.2 Å². The van der Waals surface area contributed by atoms with Crippen molar-refractivity contribution in [2.45, 2.75) is 25.4 Å². The zero-order chi connectivity index (χ0) is 18.5. The molecule has 1 amide bonds. The van der Waals surface area contributed by atoms with Crippen molar-refractivity contribution in [1.29, 1.82) is 0 Å². The molecule has 2 aliphatic heterocycles. The molecule has 0 aromatic heterocycles. The first-order valence-corrected chi connectivity index (χ1v) is 9.34. The first-order valence-electron chi connectivity index (χ1n) is 9.34. The van der Waals surface area contributed by atoms with Crippen molar-refractivity contribution < 1.29 is 23.7 Å². The third kappa shape index (κ3) is 4.34. The van der Waals surface area contributed by atoms with E-state index in [4.69, 9.17) is 18.9 Å². The lowest BCUT2D eigenvalue weighted by Crippen LogP contribution is -2.25. The van der Waals surface area contributed by atoms with Gasteiger partial charge in [0, 0.05) is 12.3 Å². The van der Waals surface area contributed by atoms with Crippen LogP contribution in [0.1, 0.15) is 29.6 Å². The molecule has 0 radical (unpaired) electrons. The highest BCUT2D eigenvalue weighted by Crippen LogP contribution is 2.34. The predicted molar refractivity (Wildman–Crippen MR) is 101 cm³/mol. The molecule has 2 aliphatic rings. The molecular formula is C21H23NO5. The number of carbonyl (C=O) groups is 1. The Hall–Kier alpha value is -2.73. The highest BCUT2D eigenvalue weighted by atomic mass is 16.6. The van der Waals surface area contributed by atoms with Gasteiger partial charge in [-0.25, -0.2) is 0 Å². The summed E-state index contributed by atoms with van der Waals surface area (Å²) in [4.78, 5) is 12.6. The fourth-order valence-electron chi connectivity index (χ4n) is 3.21. The topological polar surface area (TPSA) is 66.0 Å². The number of anilines is 1. The number of benzene rings is 2. The van der Waals surface area contributed by atoms with Crippen LogP contribution in [0.2, 0.25) is 0 Å². The minimum absolute atomic E-state index is 0.171. The SMILES string of the molecule is O=C(Nc1ccc(OCC2CCCCO2)cc1)c1cccc2c1OCCO2. The second-order valence-corrected chi connectivity index (χ2v) is 6.61. The molecule has 0 aliphatic carbocycles. The van der Waals surface area contributed by atoms with Crippen LogP contribution in [0.25, 0.3) is 0 Å². The number of amides is 1. The van der Waals surface area contributed by atoms with Crippen molar-refractivity contribution >= 4 is 11.6 Å². The Bertz CT molecular complexity index is 784. The van der Waals surface area contributed by atoms with E-state index in [2.05, 4.69) is 5.32 Å². The van der Waals surface area contributed by atoms with Gasteiger partial charge in [0.05, 0.1) is 11.7 Å². The zero-order valence-corrected chi connectivity index (χ0v) is 15.1. The molecule has 6 nitrogen and oxygen atoms in total. The van der Waals surface area contributed by atoms with Gasteiger partial charge in [0.1, 0.15) is 25.6 Å². The molecule has 1 saturated heterocycles. The largest absolute Gasteiger partial charge is 0.491 e. The summed E-state index contributed by atoms with van der Waals surface area (Å²) in [5.41, 5.74) is 1.15. The summed E-state index contributed by atoms with van der Waals surface area (Å²) < 4.78 is 22.6. The van der Waals surface area contributed by atoms with Gasteiger partial charge in [-0.3, -0.25) is 4.79 Å². The fraction of sp³-hybridized carbons (Fsp3) is 0.381. The number of rotatable bonds is 5. The number of carbonyl (C=O) groups excluding carboxylic acids is 1. The quantitative estimate of drug-likeness (QED) is 0.871. The minimum Gasteiger partial charge on any atom is -0.491 e. The van der Waals surface area contributed by atoms with Crippen LogP contribution < -0.4 is 19.5 Å². The lowest BCUT2D eigenvalue weighted by atomic mass is 10.1. The molecule has 2 heterocycles. The van der Waals surface area contributed by atoms with Gasteiger partial charge in [-0.2, -0.15) is 0 Å². The van der Waals surface area contributed by atoms with Crippen LogP contribution in [0.4, 0.5) is 5.69 Å². The zero-order valence-electron chi connectivity index (χ0n) is 15.1. The summed E-state index contributed by atoms with van der Waals surface area (Å²) in [6.45, 7) is 2.30. The number of hydrogen-bond donors (Lipinski definition) is 1. The molecule has 0 bridgehead atoms. The van der Waals surface area contributed by atoms with E-state index in [1.165, 1.54) is 6.42 Å². The number of ether oxygens (including phenoxy) is 4. The van der Waals surface area contributed by atoms with Gasteiger partial charge < -0.3 is 24.3 Å². The first kappa shape index (κ1) is 17.7. The van der Waals surface area contributed by atoms with Crippen molar-refractivity contribution in [2.75, 3.05) is 31.7 Å². The van der Waals surface area contributed by atoms with Gasteiger partial charge >= 0.3 is 0 Å². The van der Waals surface area contributed by atoms with Crippen LogP contribution in [0.15, 0.2) is 42.5 Å². The molecule has 27 heavy (non-hydrogen) atoms. The highest BCUT2D eigenvalue weighted by Gasteiger charge is 2.20. The fourth-order valence-corrected chi connectivity index (χ4v) is 3.21. The highest BCUT2D eigenvalue weighted by molar-refractivity contribution is 6.06. The normalized spacial score (nSPS) is 18.6. The molecule has 142 valence electrons. The van der Waals surface area contributed by atoms with Gasteiger partial charge in [0.25, 0.3) is 5.91 Å². The van der Waals surface area contributed by atoms with Crippen LogP contribution in [-0.2, 0) is 4.74 Å². The molecule has 0 spiro atoms. The Balaban J connectivity index is 1.36. The third-order valence-electron chi connectivity index (χ3n) is 4.63. The molecule has 1 N–H and O–H groups in total. The van der Waals surface area contributed by atoms with Crippen molar-refractivity contribution in [3.8, 4) is 17.2 Å². The lowest BCUT2D eigenvalue weighted by molar-refractivity contribution is -0.0110. The van der Waals surface area contributed by atoms with Gasteiger partial charge in [-0.15, -0.1) is 0 Å². The van der Waals surface area contributed by atoms with Gasteiger partial charge in [0.15, 0.2) is 11.5 Å². The van der Waals surface area contributed by atoms with Gasteiger partial charge in [-0.1, -0.05) is 6.07 Å². The van der Waals surface area contributed by atoms with E-state index in [-0.39, 0.29) is 12.0 Å². The third-order valence-corrected chi connectivity index (χ3v) is 4.63. The molecule has 1 fully saturated rings. The summed E-state index contributed by atoms with van der Waals surface area (Å²) in [5, 5.41) is 2.89. The van der Waals surface area contributed by atoms with Crippen molar-refractivity contribution in [3.05, 3.63) is 48.0 Å². The summed E-state index contributed by atoms with van der Waals surface area (Å²) in [5.74, 6) is 1.62. The predicted octanol–water partition coefficient (Wildman–Crippen LogP) is 3.66. The standard InChI is InChI=1S/C21H23NO5/c23-21(18-5-3-6-19-20(18)26-13-12-25-19)22-15-7-9-16(10-8-15)27-14-17-4-1-2-11-24-17/h3,5-10,17H,1-2,4,11-14H2,(H,22,23). The van der Waals surface area contributed by atoms with Gasteiger partial charge in [0.2, 0.25) is 0 Å². The molecule has 1 atom stereocenters. The summed E-state index contributed by atoms with van der Waals surface area (Å²) in [6.07, 6.45) is 3.54. The van der Waals surface area contributed by atoms with Crippen LogP contribution in [-0.4, -0.2) is 38.4 Å². The summed E-state index contributed by atoms with van der Waals surface area (Å²) in [7, 11) is 0. The minimum atomic E-state index is -0.235. The first-order chi connectivity index (χ1) is 13.3. The average molecular weight is 369 g/mol. The molecule has 1 unspecified atom stereocenters. The molecule has 6 heteroatoms. The van der Waals surface area contributed by atoms with E-state index in [9.17, 15) is 4.79 Å². The average Bonchev–Trinajstić information content (AvgIpc) is 2.73. The maximum absolute atomic E-state index is 12.6. The molecule has 2 aromatic rings. The van der Waals surface area contributed by atoms with E-state index in [1.807, 2.05) is 24.3 Å². The summed E-state index contributed by atoms with van der Waals surface area (Å²) in [6, 6.07) is 12.6. The van der Waals surface area contributed by atoms with Crippen LogP contribution in [0.3, 0.4) is 0 Å². The molecule has 0 saturated carbocycles. The maximum Gasteiger partial charge on any atom is 0.259 e. The Morgan fingerprint density at radius 1 is 1.04 bits per heavy atom. The monoisotopic (exact) mass is 369 g/mol. The van der Waals surface area contributed by atoms with Crippen LogP contribution in [0.5, 0.6) is 17.2 Å². The van der Waals surface area contributed by atoms with Gasteiger partial charge in [-0.05, 0) is 55.7 Å². The Morgan fingerprint density at radius 3 is 2.70 bits per heavy atom. The van der Waals surface area contributed by atoms with E-state index in [0.29, 0.717) is 42.6 Å². The Kier molecular flexibility index (Phi) is 5.44. The second kappa shape index (κ2) is 8.31. The lowest BCUT2D eigenvalue weighted by Gasteiger charge is -2.22. The summed E-state index contributed by atoms with van der Waals surface area (Å²) >= 11 is 0. The van der Waals surface area contributed by atoms with Crippen molar-refractivity contribution in [1.82, 2.24) is 0 Å². The van der Waals surface area contributed by atoms with Crippen LogP contribution >= 0.6 is 0 Å². The second-order valence-electron chi connectivity index (χ2n) is 6.61. The number of fused-ring (bicyclic) bond motifs is 1. The number of nitrogens with one attached hydrogen (secondary N) is 1. The Labute approximate surface area is 158 Å². The Morgan fingerprint density at radius 2 is 1.89 bits per heavy atom. The van der Waals surface area contributed by atoms with Crippen LogP contribution in [0, 0.1) is 0 Å². The van der Waals surface area contributed by atoms with Crippen molar-refractivity contribution in [2.24, 2.45) is 0 Å². The van der Waals surface area contributed by atoms with E-state index in [1.54, 1.807) is 18.2 Å². The van der Waals surface area contributed by atoms with E-state index >= 15 is 0 Å².